The molecule has 1 aromatic rings. The van der Waals surface area contributed by atoms with Gasteiger partial charge in [-0.1, -0.05) is 38.1 Å². The normalized spacial score (nSPS) is 32.1. The number of nitrogens with zero attached hydrogens (tertiary/aromatic N) is 2. The third kappa shape index (κ3) is 3.63. The first-order valence-corrected chi connectivity index (χ1v) is 13.1. The van der Waals surface area contributed by atoms with E-state index in [2.05, 4.69) is 6.58 Å². The van der Waals surface area contributed by atoms with Crippen LogP contribution in [-0.2, 0) is 14.4 Å². The molecule has 1 aromatic carbocycles. The monoisotopic (exact) mass is 500 g/mol. The van der Waals surface area contributed by atoms with E-state index in [0.29, 0.717) is 12.8 Å². The summed E-state index contributed by atoms with van der Waals surface area (Å²) in [6.07, 6.45) is 2.89. The lowest BCUT2D eigenvalue weighted by molar-refractivity contribution is -0.151. The van der Waals surface area contributed by atoms with Crippen molar-refractivity contribution in [1.29, 1.82) is 0 Å². The van der Waals surface area contributed by atoms with Gasteiger partial charge in [0.15, 0.2) is 0 Å². The molecule has 0 aliphatic carbocycles. The van der Waals surface area contributed by atoms with E-state index in [-0.39, 0.29) is 30.9 Å². The Balaban J connectivity index is 1.91. The molecule has 190 valence electrons. The summed E-state index contributed by atoms with van der Waals surface area (Å²) in [7, 11) is 0. The molecule has 0 aromatic heterocycles. The Bertz CT molecular complexity index is 1050. The molecular formula is C27H36N2O5S. The van der Waals surface area contributed by atoms with Crippen LogP contribution >= 0.6 is 11.8 Å². The number of aliphatic hydroxyl groups excluding tert-OH is 1. The van der Waals surface area contributed by atoms with Crippen molar-refractivity contribution in [2.75, 3.05) is 18.1 Å². The number of fused-ring (bicyclic) bond motifs is 1. The van der Waals surface area contributed by atoms with Crippen LogP contribution in [0.4, 0.5) is 5.69 Å². The van der Waals surface area contributed by atoms with Crippen molar-refractivity contribution in [1.82, 2.24) is 4.90 Å². The van der Waals surface area contributed by atoms with E-state index in [1.54, 1.807) is 15.9 Å². The number of likely N-dealkylation sites (tertiary alicyclic amines) is 1. The van der Waals surface area contributed by atoms with Gasteiger partial charge in [-0.15, -0.1) is 18.3 Å². The number of aliphatic hydroxyl groups is 1. The van der Waals surface area contributed by atoms with E-state index in [1.165, 1.54) is 11.8 Å². The Morgan fingerprint density at radius 2 is 1.91 bits per heavy atom. The van der Waals surface area contributed by atoms with Crippen molar-refractivity contribution < 1.29 is 24.6 Å². The van der Waals surface area contributed by atoms with Crippen LogP contribution in [0.3, 0.4) is 0 Å². The number of thioether (sulfide) groups is 1. The van der Waals surface area contributed by atoms with Crippen molar-refractivity contribution in [2.45, 2.75) is 69.0 Å². The molecule has 0 saturated carbocycles. The van der Waals surface area contributed by atoms with Crippen LogP contribution in [0.5, 0.6) is 0 Å². The Morgan fingerprint density at radius 1 is 1.29 bits per heavy atom. The van der Waals surface area contributed by atoms with Gasteiger partial charge in [0.25, 0.3) is 5.91 Å². The van der Waals surface area contributed by atoms with Crippen LogP contribution in [0.25, 0.3) is 0 Å². The predicted molar refractivity (Wildman–Crippen MR) is 137 cm³/mol. The van der Waals surface area contributed by atoms with Crippen LogP contribution < -0.4 is 4.90 Å². The highest BCUT2D eigenvalue weighted by Crippen LogP contribution is 2.71. The molecule has 4 rings (SSSR count). The van der Waals surface area contributed by atoms with Gasteiger partial charge in [-0.3, -0.25) is 14.4 Å². The van der Waals surface area contributed by atoms with Crippen LogP contribution in [-0.4, -0.2) is 67.6 Å². The first-order chi connectivity index (χ1) is 16.4. The van der Waals surface area contributed by atoms with Crippen LogP contribution in [0, 0.1) is 31.6 Å². The van der Waals surface area contributed by atoms with E-state index in [1.807, 2.05) is 52.8 Å². The molecule has 2 unspecified atom stereocenters. The summed E-state index contributed by atoms with van der Waals surface area (Å²) in [5.41, 5.74) is 2.66. The Labute approximate surface area is 211 Å². The lowest BCUT2D eigenvalue weighted by Crippen LogP contribution is -2.58. The lowest BCUT2D eigenvalue weighted by atomic mass is 9.66. The maximum atomic E-state index is 14.6. The number of hydrogen-bond donors (Lipinski definition) is 2. The number of hydrogen-bond acceptors (Lipinski definition) is 5. The number of carboxylic acid groups (broad SMARTS) is 1. The zero-order valence-electron chi connectivity index (χ0n) is 21.2. The molecule has 3 aliphatic heterocycles. The van der Waals surface area contributed by atoms with Gasteiger partial charge in [0.05, 0.1) is 29.2 Å². The van der Waals surface area contributed by atoms with Crippen molar-refractivity contribution in [3.05, 3.63) is 42.0 Å². The SMILES string of the molecule is C=CCN(C(=O)C1N([C@@H](CO)C(C)C)C(=O)[C@@H]2[C@@H](C(=O)O)[C@@]3(C)CCC12S3)c1c(C)cccc1C. The summed E-state index contributed by atoms with van der Waals surface area (Å²) in [4.78, 5) is 44.3. The second kappa shape index (κ2) is 8.96. The van der Waals surface area contributed by atoms with E-state index < -0.39 is 39.4 Å². The zero-order chi connectivity index (χ0) is 25.9. The van der Waals surface area contributed by atoms with Gasteiger partial charge in [-0.25, -0.2) is 0 Å². The van der Waals surface area contributed by atoms with Gasteiger partial charge in [-0.2, -0.15) is 0 Å². The number of rotatable bonds is 8. The van der Waals surface area contributed by atoms with Gasteiger partial charge in [0.1, 0.15) is 6.04 Å². The Kier molecular flexibility index (Phi) is 6.60. The first-order valence-electron chi connectivity index (χ1n) is 12.3. The van der Waals surface area contributed by atoms with Gasteiger partial charge in [-0.05, 0) is 50.7 Å². The zero-order valence-corrected chi connectivity index (χ0v) is 22.0. The molecule has 6 atom stereocenters. The number of anilines is 1. The average Bonchev–Trinajstić information content (AvgIpc) is 3.34. The van der Waals surface area contributed by atoms with E-state index in [4.69, 9.17) is 0 Å². The largest absolute Gasteiger partial charge is 0.481 e. The number of carbonyl (C=O) groups excluding carboxylic acids is 2. The number of aryl methyl sites for hydroxylation is 2. The highest BCUT2D eigenvalue weighted by Gasteiger charge is 2.78. The summed E-state index contributed by atoms with van der Waals surface area (Å²) in [5, 5.41) is 20.5. The summed E-state index contributed by atoms with van der Waals surface area (Å²) < 4.78 is -1.45. The molecule has 0 radical (unpaired) electrons. The fraction of sp³-hybridized carbons (Fsp3) is 0.593. The molecule has 2 bridgehead atoms. The van der Waals surface area contributed by atoms with Crippen LogP contribution in [0.15, 0.2) is 30.9 Å². The molecule has 2 N–H and O–H groups in total. The molecule has 2 amide bonds. The minimum Gasteiger partial charge on any atom is -0.481 e. The maximum Gasteiger partial charge on any atom is 0.308 e. The summed E-state index contributed by atoms with van der Waals surface area (Å²) >= 11 is 1.51. The Hall–Kier alpha value is -2.32. The van der Waals surface area contributed by atoms with Gasteiger partial charge >= 0.3 is 5.97 Å². The number of para-hydroxylation sites is 1. The minimum atomic E-state index is -0.990. The minimum absolute atomic E-state index is 0.108. The third-order valence-corrected chi connectivity index (χ3v) is 10.3. The van der Waals surface area contributed by atoms with E-state index >= 15 is 0 Å². The van der Waals surface area contributed by atoms with Gasteiger partial charge in [0, 0.05) is 17.0 Å². The topological polar surface area (TPSA) is 98.2 Å². The molecule has 35 heavy (non-hydrogen) atoms. The van der Waals surface area contributed by atoms with Crippen LogP contribution in [0.2, 0.25) is 0 Å². The summed E-state index contributed by atoms with van der Waals surface area (Å²) in [6.45, 7) is 13.5. The van der Waals surface area contributed by atoms with E-state index in [9.17, 15) is 24.6 Å². The molecule has 1 spiro atoms. The van der Waals surface area contributed by atoms with E-state index in [0.717, 1.165) is 16.8 Å². The van der Waals surface area contributed by atoms with Crippen LogP contribution in [0.1, 0.15) is 44.7 Å². The van der Waals surface area contributed by atoms with Crippen molar-refractivity contribution in [3.63, 3.8) is 0 Å². The molecule has 7 nitrogen and oxygen atoms in total. The molecule has 3 saturated heterocycles. The molecule has 8 heteroatoms. The maximum absolute atomic E-state index is 14.6. The third-order valence-electron chi connectivity index (χ3n) is 8.32. The summed E-state index contributed by atoms with van der Waals surface area (Å²) in [6, 6.07) is 4.40. The standard InChI is InChI=1S/C27H36N2O5S/c1-7-13-28(21-16(4)9-8-10-17(21)5)24(32)22-27-12-11-26(6,35-27)20(25(33)34)19(27)23(31)29(22)18(14-30)15(2)3/h7-10,15,18-20,22,30H,1,11-14H2,2-6H3,(H,33,34)/t18-,19-,20-,22?,26+,27?/m0/s1. The second-order valence-electron chi connectivity index (χ2n) is 10.8. The highest BCUT2D eigenvalue weighted by molar-refractivity contribution is 8.02. The number of aliphatic carboxylic acids is 1. The fourth-order valence-electron chi connectivity index (χ4n) is 6.80. The molecule has 3 heterocycles. The number of benzene rings is 1. The van der Waals surface area contributed by atoms with Crippen molar-refractivity contribution in [3.8, 4) is 0 Å². The van der Waals surface area contributed by atoms with Crippen molar-refractivity contribution in [2.24, 2.45) is 17.8 Å². The smallest absolute Gasteiger partial charge is 0.308 e. The number of carboxylic acids is 1. The van der Waals surface area contributed by atoms with Gasteiger partial charge in [0.2, 0.25) is 5.91 Å². The quantitative estimate of drug-likeness (QED) is 0.531. The summed E-state index contributed by atoms with van der Waals surface area (Å²) in [5.74, 6) is -3.32. The second-order valence-corrected chi connectivity index (χ2v) is 12.7. The fourth-order valence-corrected chi connectivity index (χ4v) is 9.13. The Morgan fingerprint density at radius 3 is 2.43 bits per heavy atom. The molecular weight excluding hydrogens is 464 g/mol. The first kappa shape index (κ1) is 25.8. The average molecular weight is 501 g/mol. The highest BCUT2D eigenvalue weighted by atomic mass is 32.2. The van der Waals surface area contributed by atoms with Crippen molar-refractivity contribution >= 4 is 35.2 Å². The van der Waals surface area contributed by atoms with Gasteiger partial charge < -0.3 is 20.0 Å². The molecule has 3 fully saturated rings. The predicted octanol–water partition coefficient (Wildman–Crippen LogP) is 3.41. The number of carbonyl (C=O) groups is 3. The molecule has 3 aliphatic rings. The number of amides is 2. The lowest BCUT2D eigenvalue weighted by Gasteiger charge is -2.41.